The van der Waals surface area contributed by atoms with Gasteiger partial charge in [0, 0.05) is 25.1 Å². The molecule has 30 heavy (non-hydrogen) atoms. The summed E-state index contributed by atoms with van der Waals surface area (Å²) in [5, 5.41) is 7.49. The van der Waals surface area contributed by atoms with Gasteiger partial charge in [-0.05, 0) is 35.2 Å². The maximum Gasteiger partial charge on any atom is 0.220 e. The summed E-state index contributed by atoms with van der Waals surface area (Å²) in [6.45, 7) is 0.593. The Balaban J connectivity index is 1.35. The number of benzene rings is 3. The van der Waals surface area contributed by atoms with E-state index in [0.717, 1.165) is 28.8 Å². The van der Waals surface area contributed by atoms with E-state index in [0.29, 0.717) is 13.0 Å². The van der Waals surface area contributed by atoms with Gasteiger partial charge >= 0.3 is 0 Å². The summed E-state index contributed by atoms with van der Waals surface area (Å²) in [7, 11) is 0. The van der Waals surface area contributed by atoms with Crippen LogP contribution in [0.4, 0.5) is 0 Å². The molecule has 0 bridgehead atoms. The molecule has 0 fully saturated rings. The predicted octanol–water partition coefficient (Wildman–Crippen LogP) is 4.75. The monoisotopic (exact) mass is 395 g/mol. The molecule has 4 nitrogen and oxygen atoms in total. The summed E-state index contributed by atoms with van der Waals surface area (Å²) >= 11 is 0. The van der Waals surface area contributed by atoms with Crippen LogP contribution < -0.4 is 5.32 Å². The van der Waals surface area contributed by atoms with Crippen molar-refractivity contribution in [3.63, 3.8) is 0 Å². The normalized spacial score (nSPS) is 10.8. The topological polar surface area (TPSA) is 46.9 Å². The first-order valence-electron chi connectivity index (χ1n) is 10.2. The van der Waals surface area contributed by atoms with Crippen LogP contribution in [-0.4, -0.2) is 22.2 Å². The van der Waals surface area contributed by atoms with E-state index in [2.05, 4.69) is 34.7 Å². The van der Waals surface area contributed by atoms with Gasteiger partial charge in [0.25, 0.3) is 0 Å². The van der Waals surface area contributed by atoms with Gasteiger partial charge in [-0.1, -0.05) is 78.9 Å². The van der Waals surface area contributed by atoms with Gasteiger partial charge in [-0.15, -0.1) is 0 Å². The maximum absolute atomic E-state index is 12.7. The molecular formula is C26H25N3O. The first-order chi connectivity index (χ1) is 14.8. The fourth-order valence-electron chi connectivity index (χ4n) is 3.61. The first-order valence-corrected chi connectivity index (χ1v) is 10.2. The highest BCUT2D eigenvalue weighted by Crippen LogP contribution is 2.27. The molecule has 4 aromatic rings. The van der Waals surface area contributed by atoms with Crippen molar-refractivity contribution in [2.45, 2.75) is 18.8 Å². The first kappa shape index (κ1) is 19.6. The van der Waals surface area contributed by atoms with E-state index < -0.39 is 0 Å². The molecule has 0 saturated carbocycles. The average molecular weight is 396 g/mol. The zero-order chi connectivity index (χ0) is 20.6. The summed E-state index contributed by atoms with van der Waals surface area (Å²) < 4.78 is 1.86. The van der Waals surface area contributed by atoms with Crippen LogP contribution in [0, 0.1) is 0 Å². The molecule has 1 amide bonds. The number of rotatable bonds is 8. The van der Waals surface area contributed by atoms with E-state index in [9.17, 15) is 4.79 Å². The Bertz CT molecular complexity index is 1020. The fraction of sp³-hybridized carbons (Fsp3) is 0.154. The van der Waals surface area contributed by atoms with Crippen LogP contribution in [0.25, 0.3) is 5.69 Å². The highest BCUT2D eigenvalue weighted by Gasteiger charge is 2.17. The Morgan fingerprint density at radius 1 is 0.833 bits per heavy atom. The molecule has 4 rings (SSSR count). The van der Waals surface area contributed by atoms with Gasteiger partial charge in [-0.2, -0.15) is 5.10 Å². The van der Waals surface area contributed by atoms with Gasteiger partial charge in [0.05, 0.1) is 11.9 Å². The van der Waals surface area contributed by atoms with Crippen molar-refractivity contribution in [3.8, 4) is 5.69 Å². The molecule has 1 aromatic heterocycles. The molecule has 150 valence electrons. The summed E-state index contributed by atoms with van der Waals surface area (Å²) in [6, 6.07) is 30.4. The number of para-hydroxylation sites is 1. The lowest BCUT2D eigenvalue weighted by molar-refractivity contribution is -0.121. The largest absolute Gasteiger partial charge is 0.356 e. The zero-order valence-electron chi connectivity index (χ0n) is 16.8. The zero-order valence-corrected chi connectivity index (χ0v) is 16.8. The molecule has 0 saturated heterocycles. The minimum absolute atomic E-state index is 0.0493. The molecule has 0 aliphatic heterocycles. The molecule has 1 N–H and O–H groups in total. The lowest BCUT2D eigenvalue weighted by Gasteiger charge is -2.18. The van der Waals surface area contributed by atoms with Gasteiger partial charge in [-0.25, -0.2) is 4.68 Å². The molecule has 3 aromatic carbocycles. The lowest BCUT2D eigenvalue weighted by atomic mass is 9.88. The molecule has 0 aliphatic rings. The standard InChI is InChI=1S/C26H25N3O/c30-26(18-25(22-10-4-1-5-11-22)23-12-6-2-7-13-23)27-17-16-21-19-28-29(20-21)24-14-8-3-9-15-24/h1-15,19-20,25H,16-18H2,(H,27,30). The Morgan fingerprint density at radius 3 is 2.00 bits per heavy atom. The van der Waals surface area contributed by atoms with Crippen molar-refractivity contribution in [2.75, 3.05) is 6.54 Å². The quantitative estimate of drug-likeness (QED) is 0.468. The second-order valence-electron chi connectivity index (χ2n) is 7.31. The number of nitrogens with zero attached hydrogens (tertiary/aromatic N) is 2. The Hall–Kier alpha value is -3.66. The van der Waals surface area contributed by atoms with E-state index in [1.807, 2.05) is 83.8 Å². The summed E-state index contributed by atoms with van der Waals surface area (Å²) in [5.41, 5.74) is 4.44. The molecule has 4 heteroatoms. The van der Waals surface area contributed by atoms with Crippen molar-refractivity contribution in [3.05, 3.63) is 120 Å². The fourth-order valence-corrected chi connectivity index (χ4v) is 3.61. The van der Waals surface area contributed by atoms with Crippen molar-refractivity contribution in [1.29, 1.82) is 0 Å². The van der Waals surface area contributed by atoms with Crippen LogP contribution in [0.2, 0.25) is 0 Å². The summed E-state index contributed by atoms with van der Waals surface area (Å²) in [4.78, 5) is 12.7. The Morgan fingerprint density at radius 2 is 1.40 bits per heavy atom. The SMILES string of the molecule is O=C(CC(c1ccccc1)c1ccccc1)NCCc1cnn(-c2ccccc2)c1. The molecule has 0 aliphatic carbocycles. The third kappa shape index (κ3) is 5.03. The number of carbonyl (C=O) groups is 1. The molecule has 0 spiro atoms. The van der Waals surface area contributed by atoms with E-state index in [1.165, 1.54) is 0 Å². The molecular weight excluding hydrogens is 370 g/mol. The van der Waals surface area contributed by atoms with Crippen molar-refractivity contribution < 1.29 is 4.79 Å². The number of aromatic nitrogens is 2. The van der Waals surface area contributed by atoms with Gasteiger partial charge in [0.1, 0.15) is 0 Å². The second kappa shape index (κ2) is 9.70. The van der Waals surface area contributed by atoms with Crippen molar-refractivity contribution >= 4 is 5.91 Å². The van der Waals surface area contributed by atoms with Crippen molar-refractivity contribution in [2.24, 2.45) is 0 Å². The predicted molar refractivity (Wildman–Crippen MR) is 120 cm³/mol. The number of nitrogens with one attached hydrogen (secondary N) is 1. The van der Waals surface area contributed by atoms with E-state index >= 15 is 0 Å². The molecule has 1 heterocycles. The number of hydrogen-bond acceptors (Lipinski definition) is 2. The highest BCUT2D eigenvalue weighted by molar-refractivity contribution is 5.77. The lowest BCUT2D eigenvalue weighted by Crippen LogP contribution is -2.27. The van der Waals surface area contributed by atoms with Crippen molar-refractivity contribution in [1.82, 2.24) is 15.1 Å². The van der Waals surface area contributed by atoms with E-state index in [-0.39, 0.29) is 11.8 Å². The van der Waals surface area contributed by atoms with Crippen LogP contribution >= 0.6 is 0 Å². The van der Waals surface area contributed by atoms with Crippen LogP contribution in [0.3, 0.4) is 0 Å². The Kier molecular flexibility index (Phi) is 6.35. The summed E-state index contributed by atoms with van der Waals surface area (Å²) in [6.07, 6.45) is 5.05. The number of hydrogen-bond donors (Lipinski definition) is 1. The highest BCUT2D eigenvalue weighted by atomic mass is 16.1. The van der Waals surface area contributed by atoms with Gasteiger partial charge in [-0.3, -0.25) is 4.79 Å². The Labute approximate surface area is 177 Å². The average Bonchev–Trinajstić information content (AvgIpc) is 3.28. The van der Waals surface area contributed by atoms with Gasteiger partial charge < -0.3 is 5.32 Å². The minimum Gasteiger partial charge on any atom is -0.356 e. The second-order valence-corrected chi connectivity index (χ2v) is 7.31. The third-order valence-corrected chi connectivity index (χ3v) is 5.19. The van der Waals surface area contributed by atoms with Gasteiger partial charge in [0.2, 0.25) is 5.91 Å². The molecule has 0 unspecified atom stereocenters. The van der Waals surface area contributed by atoms with E-state index in [4.69, 9.17) is 0 Å². The number of carbonyl (C=O) groups excluding carboxylic acids is 1. The van der Waals surface area contributed by atoms with Gasteiger partial charge in [0.15, 0.2) is 0 Å². The molecule has 0 radical (unpaired) electrons. The van der Waals surface area contributed by atoms with Crippen LogP contribution in [0.1, 0.15) is 29.0 Å². The summed E-state index contributed by atoms with van der Waals surface area (Å²) in [5.74, 6) is 0.108. The third-order valence-electron chi connectivity index (χ3n) is 5.19. The number of amides is 1. The van der Waals surface area contributed by atoms with E-state index in [1.54, 1.807) is 0 Å². The van der Waals surface area contributed by atoms with Crippen LogP contribution in [0.5, 0.6) is 0 Å². The molecule has 0 atom stereocenters. The van der Waals surface area contributed by atoms with Crippen LogP contribution in [-0.2, 0) is 11.2 Å². The maximum atomic E-state index is 12.7. The smallest absolute Gasteiger partial charge is 0.220 e. The van der Waals surface area contributed by atoms with Crippen LogP contribution in [0.15, 0.2) is 103 Å². The minimum atomic E-state index is 0.0493.